The van der Waals surface area contributed by atoms with Gasteiger partial charge in [0.25, 0.3) is 0 Å². The highest BCUT2D eigenvalue weighted by atomic mass is 19.1. The number of methoxy groups -OCH3 is 1. The number of ether oxygens (including phenoxy) is 1. The quantitative estimate of drug-likeness (QED) is 0.869. The first-order valence-electron chi connectivity index (χ1n) is 5.53. The van der Waals surface area contributed by atoms with Crippen LogP contribution in [-0.4, -0.2) is 33.6 Å². The Hall–Kier alpha value is -2.18. The largest absolute Gasteiger partial charge is 0.467 e. The van der Waals surface area contributed by atoms with E-state index in [0.29, 0.717) is 13.1 Å². The van der Waals surface area contributed by atoms with Gasteiger partial charge in [-0.2, -0.15) is 4.98 Å². The molecule has 2 aromatic rings. The maximum atomic E-state index is 13.7. The van der Waals surface area contributed by atoms with Gasteiger partial charge in [0.1, 0.15) is 0 Å². The second kappa shape index (κ2) is 5.44. The summed E-state index contributed by atoms with van der Waals surface area (Å²) in [6, 6.07) is 0.145. The molecule has 0 spiro atoms. The Labute approximate surface area is 104 Å². The lowest BCUT2D eigenvalue weighted by atomic mass is 10.4. The van der Waals surface area contributed by atoms with Gasteiger partial charge in [-0.3, -0.25) is 0 Å². The van der Waals surface area contributed by atoms with Gasteiger partial charge in [-0.05, 0) is 6.92 Å². The monoisotopic (exact) mass is 251 g/mol. The minimum atomic E-state index is -0.479. The number of imidazole rings is 1. The first kappa shape index (κ1) is 12.3. The van der Waals surface area contributed by atoms with Crippen LogP contribution < -0.4 is 9.64 Å². The van der Waals surface area contributed by atoms with Crippen LogP contribution in [-0.2, 0) is 6.54 Å². The van der Waals surface area contributed by atoms with Crippen molar-refractivity contribution >= 4 is 5.82 Å². The Bertz CT molecular complexity index is 502. The van der Waals surface area contributed by atoms with E-state index >= 15 is 0 Å². The average molecular weight is 251 g/mol. The van der Waals surface area contributed by atoms with Crippen molar-refractivity contribution in [2.75, 3.05) is 18.6 Å². The fraction of sp³-hybridized carbons (Fsp3) is 0.364. The van der Waals surface area contributed by atoms with E-state index in [1.807, 2.05) is 6.92 Å². The Balaban J connectivity index is 2.26. The molecule has 1 N–H and O–H groups in total. The van der Waals surface area contributed by atoms with E-state index in [4.69, 9.17) is 4.74 Å². The first-order chi connectivity index (χ1) is 8.74. The Morgan fingerprint density at radius 2 is 2.28 bits per heavy atom. The lowest BCUT2D eigenvalue weighted by molar-refractivity contribution is 0.376. The number of hydrogen-bond donors (Lipinski definition) is 1. The van der Waals surface area contributed by atoms with Gasteiger partial charge >= 0.3 is 6.01 Å². The van der Waals surface area contributed by atoms with Crippen LogP contribution in [0.25, 0.3) is 0 Å². The number of anilines is 1. The summed E-state index contributed by atoms with van der Waals surface area (Å²) in [6.45, 7) is 2.99. The number of rotatable bonds is 5. The molecular weight excluding hydrogens is 237 g/mol. The highest BCUT2D eigenvalue weighted by Gasteiger charge is 2.15. The normalized spacial score (nSPS) is 10.4. The average Bonchev–Trinajstić information content (AvgIpc) is 2.90. The molecule has 0 aliphatic rings. The van der Waals surface area contributed by atoms with E-state index in [9.17, 15) is 4.39 Å². The maximum Gasteiger partial charge on any atom is 0.318 e. The molecule has 0 amide bonds. The highest BCUT2D eigenvalue weighted by molar-refractivity contribution is 5.40. The zero-order chi connectivity index (χ0) is 13.0. The van der Waals surface area contributed by atoms with E-state index in [0.717, 1.165) is 11.9 Å². The minimum absolute atomic E-state index is 0.145. The molecule has 6 nitrogen and oxygen atoms in total. The summed E-state index contributed by atoms with van der Waals surface area (Å²) in [7, 11) is 1.45. The summed E-state index contributed by atoms with van der Waals surface area (Å²) in [5, 5.41) is 0. The number of nitrogens with zero attached hydrogens (tertiary/aromatic N) is 4. The lowest BCUT2D eigenvalue weighted by Gasteiger charge is -2.21. The molecule has 0 radical (unpaired) electrons. The molecule has 2 aromatic heterocycles. The summed E-state index contributed by atoms with van der Waals surface area (Å²) in [6.07, 6.45) is 4.45. The molecule has 2 heterocycles. The SMILES string of the molecule is CCN(Cc1c[nH]cn1)c1nc(OC)ncc1F. The molecule has 0 saturated heterocycles. The van der Waals surface area contributed by atoms with Crippen LogP contribution in [0.5, 0.6) is 6.01 Å². The van der Waals surface area contributed by atoms with Crippen LogP contribution in [0.1, 0.15) is 12.6 Å². The molecule has 0 aromatic carbocycles. The Morgan fingerprint density at radius 1 is 1.44 bits per heavy atom. The minimum Gasteiger partial charge on any atom is -0.467 e. The molecule has 0 bridgehead atoms. The molecule has 0 fully saturated rings. The smallest absolute Gasteiger partial charge is 0.318 e. The summed E-state index contributed by atoms with van der Waals surface area (Å²) < 4.78 is 18.6. The lowest BCUT2D eigenvalue weighted by Crippen LogP contribution is -2.24. The second-order valence-electron chi connectivity index (χ2n) is 3.60. The highest BCUT2D eigenvalue weighted by Crippen LogP contribution is 2.19. The number of hydrogen-bond acceptors (Lipinski definition) is 5. The fourth-order valence-corrected chi connectivity index (χ4v) is 1.57. The van der Waals surface area contributed by atoms with Crippen LogP contribution in [0.15, 0.2) is 18.7 Å². The predicted molar refractivity (Wildman–Crippen MR) is 63.9 cm³/mol. The van der Waals surface area contributed by atoms with E-state index in [1.54, 1.807) is 17.4 Å². The third-order valence-electron chi connectivity index (χ3n) is 2.48. The van der Waals surface area contributed by atoms with Gasteiger partial charge in [-0.1, -0.05) is 0 Å². The molecule has 2 rings (SSSR count). The van der Waals surface area contributed by atoms with Crippen LogP contribution in [0.4, 0.5) is 10.2 Å². The Kier molecular flexibility index (Phi) is 3.71. The van der Waals surface area contributed by atoms with E-state index in [1.165, 1.54) is 7.11 Å². The zero-order valence-electron chi connectivity index (χ0n) is 10.2. The molecule has 0 aliphatic heterocycles. The maximum absolute atomic E-state index is 13.7. The van der Waals surface area contributed by atoms with Gasteiger partial charge in [-0.15, -0.1) is 0 Å². The van der Waals surface area contributed by atoms with Crippen molar-refractivity contribution in [3.8, 4) is 6.01 Å². The molecule has 96 valence electrons. The molecule has 0 unspecified atom stereocenters. The van der Waals surface area contributed by atoms with Gasteiger partial charge in [0.05, 0.1) is 31.9 Å². The summed E-state index contributed by atoms with van der Waals surface area (Å²) >= 11 is 0. The molecule has 0 atom stereocenters. The van der Waals surface area contributed by atoms with E-state index < -0.39 is 5.82 Å². The van der Waals surface area contributed by atoms with Crippen molar-refractivity contribution in [2.24, 2.45) is 0 Å². The van der Waals surface area contributed by atoms with Crippen molar-refractivity contribution in [2.45, 2.75) is 13.5 Å². The number of aromatic nitrogens is 4. The van der Waals surface area contributed by atoms with E-state index in [-0.39, 0.29) is 11.8 Å². The van der Waals surface area contributed by atoms with Crippen molar-refractivity contribution in [3.05, 3.63) is 30.2 Å². The Morgan fingerprint density at radius 3 is 2.89 bits per heavy atom. The fourth-order valence-electron chi connectivity index (χ4n) is 1.57. The van der Waals surface area contributed by atoms with Crippen LogP contribution in [0.2, 0.25) is 0 Å². The topological polar surface area (TPSA) is 66.9 Å². The van der Waals surface area contributed by atoms with Crippen molar-refractivity contribution in [1.29, 1.82) is 0 Å². The van der Waals surface area contributed by atoms with Crippen LogP contribution >= 0.6 is 0 Å². The third-order valence-corrected chi connectivity index (χ3v) is 2.48. The van der Waals surface area contributed by atoms with Crippen molar-refractivity contribution in [3.63, 3.8) is 0 Å². The molecule has 0 saturated carbocycles. The third kappa shape index (κ3) is 2.55. The number of halogens is 1. The van der Waals surface area contributed by atoms with Crippen molar-refractivity contribution < 1.29 is 9.13 Å². The van der Waals surface area contributed by atoms with Gasteiger partial charge < -0.3 is 14.6 Å². The van der Waals surface area contributed by atoms with Gasteiger partial charge in [0, 0.05) is 12.7 Å². The summed E-state index contributed by atoms with van der Waals surface area (Å²) in [5.74, 6) is -0.263. The van der Waals surface area contributed by atoms with Crippen LogP contribution in [0.3, 0.4) is 0 Å². The van der Waals surface area contributed by atoms with Gasteiger partial charge in [0.2, 0.25) is 0 Å². The number of nitrogens with one attached hydrogen (secondary N) is 1. The number of H-pyrrole nitrogens is 1. The van der Waals surface area contributed by atoms with E-state index in [2.05, 4.69) is 19.9 Å². The standard InChI is InChI=1S/C11H14FN5O/c1-3-17(6-8-4-13-7-15-8)10-9(12)5-14-11(16-10)18-2/h4-5,7H,3,6H2,1-2H3,(H,13,15). The second-order valence-corrected chi connectivity index (χ2v) is 3.60. The zero-order valence-corrected chi connectivity index (χ0v) is 10.2. The van der Waals surface area contributed by atoms with Gasteiger partial charge in [0.15, 0.2) is 11.6 Å². The summed E-state index contributed by atoms with van der Waals surface area (Å²) in [4.78, 5) is 16.5. The predicted octanol–water partition coefficient (Wildman–Crippen LogP) is 1.37. The molecule has 7 heteroatoms. The van der Waals surface area contributed by atoms with Crippen molar-refractivity contribution in [1.82, 2.24) is 19.9 Å². The van der Waals surface area contributed by atoms with Gasteiger partial charge in [-0.25, -0.2) is 14.4 Å². The van der Waals surface area contributed by atoms with Crippen LogP contribution in [0, 0.1) is 5.82 Å². The summed E-state index contributed by atoms with van der Waals surface area (Å²) in [5.41, 5.74) is 0.814. The molecular formula is C11H14FN5O. The molecule has 0 aliphatic carbocycles. The number of aromatic amines is 1. The first-order valence-corrected chi connectivity index (χ1v) is 5.53. The molecule has 18 heavy (non-hydrogen) atoms.